The van der Waals surface area contributed by atoms with Gasteiger partial charge in [0, 0.05) is 47.1 Å². The van der Waals surface area contributed by atoms with Crippen molar-refractivity contribution in [3.05, 3.63) is 87.4 Å². The first-order valence-corrected chi connectivity index (χ1v) is 12.2. The van der Waals surface area contributed by atoms with Crippen molar-refractivity contribution in [3.63, 3.8) is 0 Å². The molecule has 1 amide bonds. The first-order chi connectivity index (χ1) is 17.3. The van der Waals surface area contributed by atoms with Crippen LogP contribution in [0.2, 0.25) is 10.0 Å². The van der Waals surface area contributed by atoms with E-state index < -0.39 is 18.1 Å². The molecule has 188 valence electrons. The van der Waals surface area contributed by atoms with Gasteiger partial charge in [0.2, 0.25) is 0 Å². The number of hydrogen-bond acceptors (Lipinski definition) is 6. The van der Waals surface area contributed by atoms with Gasteiger partial charge in [-0.2, -0.15) is 0 Å². The number of halogens is 2. The van der Waals surface area contributed by atoms with E-state index in [0.717, 1.165) is 5.56 Å². The predicted octanol–water partition coefficient (Wildman–Crippen LogP) is 1.74. The number of ether oxygens (including phenoxy) is 3. The molecule has 7 nitrogen and oxygen atoms in total. The van der Waals surface area contributed by atoms with Crippen LogP contribution in [0.5, 0.6) is 17.2 Å². The summed E-state index contributed by atoms with van der Waals surface area (Å²) in [6.45, 7) is 2.57. The van der Waals surface area contributed by atoms with Crippen LogP contribution in [0.25, 0.3) is 0 Å². The van der Waals surface area contributed by atoms with Crippen LogP contribution in [0.15, 0.2) is 60.7 Å². The number of benzene rings is 3. The van der Waals surface area contributed by atoms with Crippen LogP contribution in [0, 0.1) is 0 Å². The van der Waals surface area contributed by atoms with Crippen LogP contribution in [-0.2, 0) is 16.0 Å². The zero-order valence-corrected chi connectivity index (χ0v) is 24.0. The Morgan fingerprint density at radius 3 is 2.46 bits per heavy atom. The molecule has 1 aliphatic heterocycles. The SMILES string of the molecule is CCOC(Cc1ccc(Cl)cc1)NC(=O)c1ccc(Oc2cc3c(cc2Cl)C(C(=O)[O-])CCO3)cc1.[Na+]. The molecule has 37 heavy (non-hydrogen) atoms. The van der Waals surface area contributed by atoms with Crippen LogP contribution in [-0.4, -0.2) is 31.3 Å². The summed E-state index contributed by atoms with van der Waals surface area (Å²) in [5.41, 5.74) is 1.88. The maximum absolute atomic E-state index is 12.8. The maximum Gasteiger partial charge on any atom is 1.00 e. The van der Waals surface area contributed by atoms with E-state index >= 15 is 0 Å². The number of carbonyl (C=O) groups is 2. The largest absolute Gasteiger partial charge is 1.00 e. The van der Waals surface area contributed by atoms with Gasteiger partial charge in [-0.15, -0.1) is 0 Å². The monoisotopic (exact) mass is 551 g/mol. The molecule has 0 spiro atoms. The number of carboxylic acids is 1. The number of carbonyl (C=O) groups excluding carboxylic acids is 2. The molecule has 3 aromatic carbocycles. The zero-order chi connectivity index (χ0) is 25.7. The first kappa shape index (κ1) is 29.3. The Morgan fingerprint density at radius 2 is 1.81 bits per heavy atom. The van der Waals surface area contributed by atoms with Crippen molar-refractivity contribution in [2.24, 2.45) is 0 Å². The number of nitrogens with one attached hydrogen (secondary N) is 1. The molecular weight excluding hydrogens is 528 g/mol. The van der Waals surface area contributed by atoms with Crippen molar-refractivity contribution in [1.29, 1.82) is 0 Å². The number of carboxylic acid groups (broad SMARTS) is 1. The van der Waals surface area contributed by atoms with E-state index in [-0.39, 0.29) is 47.1 Å². The van der Waals surface area contributed by atoms with Crippen LogP contribution in [0.3, 0.4) is 0 Å². The van der Waals surface area contributed by atoms with Crippen molar-refractivity contribution in [2.45, 2.75) is 31.9 Å². The minimum atomic E-state index is -1.17. The molecule has 0 aliphatic carbocycles. The summed E-state index contributed by atoms with van der Waals surface area (Å²) >= 11 is 12.3. The van der Waals surface area contributed by atoms with Crippen molar-refractivity contribution in [1.82, 2.24) is 5.32 Å². The normalized spacial score (nSPS) is 14.9. The van der Waals surface area contributed by atoms with E-state index in [0.29, 0.717) is 52.8 Å². The Morgan fingerprint density at radius 1 is 1.11 bits per heavy atom. The zero-order valence-electron chi connectivity index (χ0n) is 20.5. The smallest absolute Gasteiger partial charge is 0.549 e. The molecule has 0 radical (unpaired) electrons. The second-order valence-corrected chi connectivity index (χ2v) is 9.05. The van der Waals surface area contributed by atoms with Crippen LogP contribution in [0.1, 0.15) is 40.7 Å². The summed E-state index contributed by atoms with van der Waals surface area (Å²) in [7, 11) is 0. The summed E-state index contributed by atoms with van der Waals surface area (Å²) in [5, 5.41) is 15.2. The molecule has 1 heterocycles. The van der Waals surface area contributed by atoms with Gasteiger partial charge in [-0.3, -0.25) is 4.79 Å². The molecule has 0 aromatic heterocycles. The molecule has 0 saturated heterocycles. The average molecular weight is 552 g/mol. The van der Waals surface area contributed by atoms with E-state index in [9.17, 15) is 14.7 Å². The van der Waals surface area contributed by atoms with Gasteiger partial charge in [0.05, 0.1) is 11.6 Å². The Bertz CT molecular complexity index is 1240. The van der Waals surface area contributed by atoms with Crippen molar-refractivity contribution in [2.75, 3.05) is 13.2 Å². The Hall–Kier alpha value is -2.26. The number of hydrogen-bond donors (Lipinski definition) is 1. The summed E-state index contributed by atoms with van der Waals surface area (Å²) in [5.74, 6) is -1.08. The summed E-state index contributed by atoms with van der Waals surface area (Å²) in [4.78, 5) is 24.2. The fourth-order valence-corrected chi connectivity index (χ4v) is 4.27. The van der Waals surface area contributed by atoms with Crippen molar-refractivity contribution < 1.29 is 58.5 Å². The van der Waals surface area contributed by atoms with Gasteiger partial charge in [0.15, 0.2) is 0 Å². The van der Waals surface area contributed by atoms with Gasteiger partial charge in [0.1, 0.15) is 23.5 Å². The predicted molar refractivity (Wildman–Crippen MR) is 134 cm³/mol. The molecule has 2 atom stereocenters. The van der Waals surface area contributed by atoms with Crippen molar-refractivity contribution >= 4 is 35.1 Å². The second-order valence-electron chi connectivity index (χ2n) is 8.20. The molecule has 1 N–H and O–H groups in total. The molecule has 2 unspecified atom stereocenters. The summed E-state index contributed by atoms with van der Waals surface area (Å²) < 4.78 is 17.2. The van der Waals surface area contributed by atoms with Gasteiger partial charge in [0.25, 0.3) is 5.91 Å². The third-order valence-electron chi connectivity index (χ3n) is 5.73. The van der Waals surface area contributed by atoms with Gasteiger partial charge in [-0.25, -0.2) is 0 Å². The molecule has 1 aliphatic rings. The fraction of sp³-hybridized carbons (Fsp3) is 0.259. The standard InChI is InChI=1S/C27H25Cl2NO6.Na/c1-2-34-25(13-16-3-7-18(28)8-4-16)30-26(31)17-5-9-19(10-6-17)36-24-15-23-21(14-22(24)29)20(27(32)33)11-12-35-23;/h3-10,14-15,20,25H,2,11-13H2,1H3,(H,30,31)(H,32,33);/q;+1/p-1. The van der Waals surface area contributed by atoms with Gasteiger partial charge >= 0.3 is 29.6 Å². The Balaban J connectivity index is 0.00000380. The second kappa shape index (κ2) is 13.5. The molecule has 10 heteroatoms. The minimum Gasteiger partial charge on any atom is -0.549 e. The van der Waals surface area contributed by atoms with Crippen LogP contribution < -0.4 is 49.5 Å². The van der Waals surface area contributed by atoms with E-state index in [1.807, 2.05) is 19.1 Å². The third-order valence-corrected chi connectivity index (χ3v) is 6.27. The number of rotatable bonds is 9. The molecule has 0 fully saturated rings. The van der Waals surface area contributed by atoms with Gasteiger partial charge in [-0.1, -0.05) is 35.3 Å². The van der Waals surface area contributed by atoms with E-state index in [2.05, 4.69) is 5.32 Å². The minimum absolute atomic E-state index is 0. The summed E-state index contributed by atoms with van der Waals surface area (Å²) in [6, 6.07) is 17.0. The maximum atomic E-state index is 12.8. The van der Waals surface area contributed by atoms with Crippen LogP contribution in [0.4, 0.5) is 0 Å². The van der Waals surface area contributed by atoms with Gasteiger partial charge < -0.3 is 29.4 Å². The fourth-order valence-electron chi connectivity index (χ4n) is 3.93. The molecule has 0 saturated carbocycles. The Labute approximate surface area is 247 Å². The molecular formula is C27H24Cl2NNaO6. The van der Waals surface area contributed by atoms with Gasteiger partial charge in [-0.05, 0) is 61.4 Å². The van der Waals surface area contributed by atoms with E-state index in [1.54, 1.807) is 42.5 Å². The topological polar surface area (TPSA) is 96.9 Å². The number of amides is 1. The quantitative estimate of drug-likeness (QED) is 0.321. The number of aliphatic carboxylic acids is 1. The molecule has 4 rings (SSSR count). The summed E-state index contributed by atoms with van der Waals surface area (Å²) in [6.07, 6.45) is 0.313. The van der Waals surface area contributed by atoms with E-state index in [4.69, 9.17) is 37.4 Å². The van der Waals surface area contributed by atoms with Crippen molar-refractivity contribution in [3.8, 4) is 17.2 Å². The number of fused-ring (bicyclic) bond motifs is 1. The van der Waals surface area contributed by atoms with E-state index in [1.165, 1.54) is 6.07 Å². The molecule has 0 bridgehead atoms. The Kier molecular flexibility index (Phi) is 10.7. The van der Waals surface area contributed by atoms with Crippen LogP contribution >= 0.6 is 23.2 Å². The third kappa shape index (κ3) is 7.63. The molecule has 3 aromatic rings. The average Bonchev–Trinajstić information content (AvgIpc) is 2.86. The first-order valence-electron chi connectivity index (χ1n) is 11.5.